The summed E-state index contributed by atoms with van der Waals surface area (Å²) in [5.41, 5.74) is 0. The Hall–Kier alpha value is -0.710. The lowest BCUT2D eigenvalue weighted by Crippen LogP contribution is -2.49. The van der Waals surface area contributed by atoms with E-state index in [9.17, 15) is 13.6 Å². The number of nitrogens with zero attached hydrogens (tertiary/aromatic N) is 2. The second-order valence-electron chi connectivity index (χ2n) is 4.28. The fourth-order valence-corrected chi connectivity index (χ4v) is 1.99. The summed E-state index contributed by atoms with van der Waals surface area (Å²) in [5, 5.41) is 0. The van der Waals surface area contributed by atoms with Crippen molar-refractivity contribution in [2.24, 2.45) is 5.92 Å². The Morgan fingerprint density at radius 2 is 1.87 bits per heavy atom. The molecule has 0 N–H and O–H groups in total. The van der Waals surface area contributed by atoms with Gasteiger partial charge in [-0.1, -0.05) is 6.92 Å². The number of likely N-dealkylation sites (N-methyl/N-ethyl adjacent to an activating group) is 1. The van der Waals surface area contributed by atoms with E-state index in [1.165, 1.54) is 0 Å². The highest BCUT2D eigenvalue weighted by atomic mass is 19.3. The molecule has 3 nitrogen and oxygen atoms in total. The summed E-state index contributed by atoms with van der Waals surface area (Å²) in [6.45, 7) is 5.83. The van der Waals surface area contributed by atoms with Crippen molar-refractivity contribution in [1.82, 2.24) is 9.80 Å². The van der Waals surface area contributed by atoms with Crippen molar-refractivity contribution in [3.05, 3.63) is 0 Å². The quantitative estimate of drug-likeness (QED) is 0.684. The van der Waals surface area contributed by atoms with Crippen molar-refractivity contribution in [2.45, 2.75) is 19.3 Å². The lowest BCUT2D eigenvalue weighted by atomic mass is 10.2. The molecule has 0 unspecified atom stereocenters. The molecule has 86 valence electrons. The van der Waals surface area contributed by atoms with Gasteiger partial charge >= 0.3 is 0 Å². The number of halogens is 2. The van der Waals surface area contributed by atoms with Crippen molar-refractivity contribution >= 4 is 5.91 Å². The van der Waals surface area contributed by atoms with Crippen molar-refractivity contribution in [3.63, 3.8) is 0 Å². The van der Waals surface area contributed by atoms with Crippen LogP contribution in [0, 0.1) is 5.92 Å². The first-order chi connectivity index (χ1) is 7.04. The minimum absolute atomic E-state index is 0.250. The second-order valence-corrected chi connectivity index (χ2v) is 4.28. The van der Waals surface area contributed by atoms with Gasteiger partial charge in [-0.15, -0.1) is 0 Å². The number of amides is 1. The van der Waals surface area contributed by atoms with Gasteiger partial charge in [-0.05, 0) is 6.54 Å². The van der Waals surface area contributed by atoms with Gasteiger partial charge in [0.2, 0.25) is 5.91 Å². The van der Waals surface area contributed by atoms with Crippen LogP contribution in [-0.4, -0.2) is 54.4 Å². The summed E-state index contributed by atoms with van der Waals surface area (Å²) >= 11 is 0. The fraction of sp³-hybridized carbons (Fsp3) is 0.900. The molecule has 0 aromatic heterocycles. The van der Waals surface area contributed by atoms with E-state index in [4.69, 9.17) is 0 Å². The molecular weight excluding hydrogens is 202 g/mol. The second kappa shape index (κ2) is 3.70. The van der Waals surface area contributed by atoms with Gasteiger partial charge in [-0.25, -0.2) is 8.78 Å². The summed E-state index contributed by atoms with van der Waals surface area (Å²) in [4.78, 5) is 15.4. The molecular formula is C10H16F2N2O. The molecule has 1 saturated heterocycles. The van der Waals surface area contributed by atoms with Crippen molar-refractivity contribution in [3.8, 4) is 0 Å². The molecule has 2 rings (SSSR count). The van der Waals surface area contributed by atoms with Gasteiger partial charge in [0.05, 0.1) is 0 Å². The summed E-state index contributed by atoms with van der Waals surface area (Å²) < 4.78 is 25.4. The van der Waals surface area contributed by atoms with Crippen molar-refractivity contribution in [2.75, 3.05) is 32.7 Å². The summed E-state index contributed by atoms with van der Waals surface area (Å²) in [7, 11) is 0. The van der Waals surface area contributed by atoms with E-state index >= 15 is 0 Å². The molecule has 1 aliphatic carbocycles. The average Bonchev–Trinajstić information content (AvgIpc) is 2.87. The molecule has 1 atom stereocenters. The number of carbonyl (C=O) groups is 1. The number of piperazine rings is 1. The van der Waals surface area contributed by atoms with E-state index in [-0.39, 0.29) is 12.3 Å². The molecule has 0 aromatic carbocycles. The molecule has 2 fully saturated rings. The zero-order chi connectivity index (χ0) is 11.1. The molecule has 0 aromatic rings. The number of hydrogen-bond acceptors (Lipinski definition) is 2. The number of rotatable bonds is 2. The predicted octanol–water partition coefficient (Wildman–Crippen LogP) is 0.806. The van der Waals surface area contributed by atoms with Gasteiger partial charge in [0.1, 0.15) is 5.92 Å². The maximum absolute atomic E-state index is 12.7. The summed E-state index contributed by atoms with van der Waals surface area (Å²) in [5.74, 6) is -4.10. The van der Waals surface area contributed by atoms with E-state index in [1.54, 1.807) is 4.90 Å². The third-order valence-electron chi connectivity index (χ3n) is 3.26. The van der Waals surface area contributed by atoms with E-state index in [1.807, 2.05) is 0 Å². The van der Waals surface area contributed by atoms with E-state index < -0.39 is 11.8 Å². The minimum atomic E-state index is -2.72. The number of hydrogen-bond donors (Lipinski definition) is 0. The average molecular weight is 218 g/mol. The Kier molecular flexibility index (Phi) is 2.66. The number of alkyl halides is 2. The predicted molar refractivity (Wildman–Crippen MR) is 51.7 cm³/mol. The molecule has 5 heteroatoms. The van der Waals surface area contributed by atoms with Gasteiger partial charge in [-0.2, -0.15) is 0 Å². The molecule has 1 heterocycles. The van der Waals surface area contributed by atoms with Crippen LogP contribution in [0.3, 0.4) is 0 Å². The lowest BCUT2D eigenvalue weighted by Gasteiger charge is -2.34. The molecule has 0 radical (unpaired) electrons. The van der Waals surface area contributed by atoms with Gasteiger partial charge in [0, 0.05) is 32.6 Å². The highest BCUT2D eigenvalue weighted by Gasteiger charge is 2.62. The first-order valence-corrected chi connectivity index (χ1v) is 5.43. The summed E-state index contributed by atoms with van der Waals surface area (Å²) in [6, 6.07) is 0. The van der Waals surface area contributed by atoms with Crippen LogP contribution in [-0.2, 0) is 4.79 Å². The van der Waals surface area contributed by atoms with Crippen LogP contribution >= 0.6 is 0 Å². The lowest BCUT2D eigenvalue weighted by molar-refractivity contribution is -0.136. The van der Waals surface area contributed by atoms with Crippen molar-refractivity contribution < 1.29 is 13.6 Å². The fourth-order valence-electron chi connectivity index (χ4n) is 1.99. The van der Waals surface area contributed by atoms with Crippen LogP contribution in [0.5, 0.6) is 0 Å². The standard InChI is InChI=1S/C10H16F2N2O/c1-2-13-3-5-14(6-4-13)9(15)8-7-10(8,11)12/h8H,2-7H2,1H3/t8-/m1/s1. The monoisotopic (exact) mass is 218 g/mol. The molecule has 2 aliphatic rings. The van der Waals surface area contributed by atoms with Crippen LogP contribution in [0.15, 0.2) is 0 Å². The largest absolute Gasteiger partial charge is 0.340 e. The molecule has 0 bridgehead atoms. The molecule has 1 saturated carbocycles. The normalized spacial score (nSPS) is 30.3. The molecule has 1 amide bonds. The SMILES string of the molecule is CCN1CCN(C(=O)[C@H]2CC2(F)F)CC1. The van der Waals surface area contributed by atoms with Crippen LogP contribution in [0.1, 0.15) is 13.3 Å². The zero-order valence-electron chi connectivity index (χ0n) is 8.88. The Morgan fingerprint density at radius 1 is 1.33 bits per heavy atom. The maximum Gasteiger partial charge on any atom is 0.260 e. The van der Waals surface area contributed by atoms with Crippen LogP contribution in [0.4, 0.5) is 8.78 Å². The molecule has 0 spiro atoms. The number of carbonyl (C=O) groups excluding carboxylic acids is 1. The zero-order valence-corrected chi connectivity index (χ0v) is 8.88. The Morgan fingerprint density at radius 3 is 2.27 bits per heavy atom. The Bertz CT molecular complexity index is 262. The van der Waals surface area contributed by atoms with Gasteiger partial charge < -0.3 is 9.80 Å². The van der Waals surface area contributed by atoms with Crippen molar-refractivity contribution in [1.29, 1.82) is 0 Å². The Labute approximate surface area is 88.0 Å². The first kappa shape index (κ1) is 10.8. The smallest absolute Gasteiger partial charge is 0.260 e. The third kappa shape index (κ3) is 2.12. The summed E-state index contributed by atoms with van der Waals surface area (Å²) in [6.07, 6.45) is -0.250. The minimum Gasteiger partial charge on any atom is -0.340 e. The highest BCUT2D eigenvalue weighted by molar-refractivity contribution is 5.83. The third-order valence-corrected chi connectivity index (χ3v) is 3.26. The van der Waals surface area contributed by atoms with E-state index in [0.29, 0.717) is 13.1 Å². The first-order valence-electron chi connectivity index (χ1n) is 5.43. The van der Waals surface area contributed by atoms with Crippen LogP contribution in [0.25, 0.3) is 0 Å². The maximum atomic E-state index is 12.7. The van der Waals surface area contributed by atoms with E-state index in [0.717, 1.165) is 19.6 Å². The Balaban J connectivity index is 1.84. The topological polar surface area (TPSA) is 23.6 Å². The van der Waals surface area contributed by atoms with Gasteiger partial charge in [-0.3, -0.25) is 4.79 Å². The highest BCUT2D eigenvalue weighted by Crippen LogP contribution is 2.49. The molecule has 15 heavy (non-hydrogen) atoms. The van der Waals surface area contributed by atoms with Gasteiger partial charge in [0.15, 0.2) is 0 Å². The van der Waals surface area contributed by atoms with Crippen LogP contribution < -0.4 is 0 Å². The molecule has 1 aliphatic heterocycles. The van der Waals surface area contributed by atoms with Gasteiger partial charge in [0.25, 0.3) is 5.92 Å². The van der Waals surface area contributed by atoms with E-state index in [2.05, 4.69) is 11.8 Å². The van der Waals surface area contributed by atoms with Crippen LogP contribution in [0.2, 0.25) is 0 Å².